The minimum Gasteiger partial charge on any atom is -0.378 e. The van der Waals surface area contributed by atoms with Crippen LogP contribution in [-0.4, -0.2) is 297 Å². The zero-order valence-corrected chi connectivity index (χ0v) is 92.5. The maximum atomic E-state index is 6.07. The molecule has 24 nitrogen and oxygen atoms in total. The molecule has 4 aromatic carbocycles. The lowest BCUT2D eigenvalue weighted by atomic mass is 10.2. The number of hydrogen-bond acceptors (Lipinski definition) is 46. The van der Waals surface area contributed by atoms with Gasteiger partial charge in [-0.1, -0.05) is 141 Å². The minimum absolute atomic E-state index is 0.531. The van der Waals surface area contributed by atoms with Crippen LogP contribution in [0.15, 0.2) is 119 Å². The Kier molecular flexibility index (Phi) is 38.4. The Hall–Kier alpha value is -0.600. The number of fused-ring (bicyclic) bond motifs is 24. The first-order chi connectivity index (χ1) is 67.4. The summed E-state index contributed by atoms with van der Waals surface area (Å²) < 4.78 is 120. The van der Waals surface area contributed by atoms with Crippen molar-refractivity contribution < 1.29 is 75.8 Å². The van der Waals surface area contributed by atoms with Crippen LogP contribution in [0.4, 0.5) is 0 Å². The monoisotopic (exact) mass is 2280 g/mol. The number of ether oxygens (including phenoxy) is 16. The molecule has 136 heavy (non-hydrogen) atoms. The van der Waals surface area contributed by atoms with E-state index in [0.717, 1.165) is 127 Å². The smallest absolute Gasteiger partial charge is 0.164 e. The van der Waals surface area contributed by atoms with E-state index in [9.17, 15) is 0 Å². The topological polar surface area (TPSA) is 257 Å². The van der Waals surface area contributed by atoms with Crippen molar-refractivity contribution in [3.63, 3.8) is 0 Å². The summed E-state index contributed by atoms with van der Waals surface area (Å²) in [5.74, 6) is 6.61. The molecule has 2 N–H and O–H groups in total. The average Bonchev–Trinajstić information content (AvgIpc) is 1.58. The Morgan fingerprint density at radius 1 is 0.169 bits per heavy atom. The van der Waals surface area contributed by atoms with Gasteiger partial charge in [-0.2, -0.15) is 0 Å². The Bertz CT molecular complexity index is 5930. The van der Waals surface area contributed by atoms with Gasteiger partial charge in [0.2, 0.25) is 0 Å². The molecule has 11 aromatic rings. The summed E-state index contributed by atoms with van der Waals surface area (Å²) in [5.41, 5.74) is 4.68. The Morgan fingerprint density at radius 3 is 0.529 bits per heavy atom. The molecule has 10 aliphatic heterocycles. The van der Waals surface area contributed by atoms with Crippen molar-refractivity contribution in [1.82, 2.24) is 39.9 Å². The fraction of sp³-hybridized carbons (Fsp3) is 0.455. The summed E-state index contributed by atoms with van der Waals surface area (Å²) in [5, 5.41) is 7.18. The van der Waals surface area contributed by atoms with E-state index in [1.165, 1.54) is 67.0 Å². The van der Waals surface area contributed by atoms with Crippen LogP contribution >= 0.6 is 281 Å². The van der Waals surface area contributed by atoms with Crippen LogP contribution in [0.1, 0.15) is 0 Å². The van der Waals surface area contributed by atoms with Gasteiger partial charge in [0.25, 0.3) is 0 Å². The second kappa shape index (κ2) is 51.5. The van der Waals surface area contributed by atoms with Crippen molar-refractivity contribution in [3.8, 4) is 0 Å². The molecule has 17 heterocycles. The predicted molar refractivity (Wildman–Crippen MR) is 600 cm³/mol. The van der Waals surface area contributed by atoms with Gasteiger partial charge in [-0.25, -0.2) is 29.9 Å². The van der Waals surface area contributed by atoms with Gasteiger partial charge >= 0.3 is 0 Å². The fourth-order valence-electron chi connectivity index (χ4n) is 14.4. The molecule has 10 aliphatic rings. The van der Waals surface area contributed by atoms with Crippen LogP contribution in [0.5, 0.6) is 0 Å². The highest BCUT2D eigenvalue weighted by atomic mass is 32.3. The first kappa shape index (κ1) is 101. The fourth-order valence-corrected chi connectivity index (χ4v) is 48.5. The molecule has 48 heteroatoms. The quantitative estimate of drug-likeness (QED) is 0.143. The van der Waals surface area contributed by atoms with Gasteiger partial charge in [-0.3, -0.25) is 0 Å². The van der Waals surface area contributed by atoms with Crippen molar-refractivity contribution >= 4 is 396 Å². The van der Waals surface area contributed by atoms with Gasteiger partial charge < -0.3 is 85.8 Å². The van der Waals surface area contributed by atoms with E-state index in [2.05, 4.69) is 58.5 Å². The van der Waals surface area contributed by atoms with Crippen molar-refractivity contribution in [1.29, 1.82) is 0 Å². The van der Waals surface area contributed by atoms with Crippen LogP contribution in [0.2, 0.25) is 0 Å². The second-order valence-corrected chi connectivity index (χ2v) is 59.4. The largest absolute Gasteiger partial charge is 0.378 e. The molecule has 0 spiro atoms. The Morgan fingerprint density at radius 2 is 0.338 bits per heavy atom. The average molecular weight is 2290 g/mol. The van der Waals surface area contributed by atoms with Crippen LogP contribution in [0.3, 0.4) is 0 Å². The molecule has 0 atom stereocenters. The van der Waals surface area contributed by atoms with Crippen LogP contribution in [0.25, 0.3) is 116 Å². The summed E-state index contributed by atoms with van der Waals surface area (Å²) in [6.45, 7) is 17.8. The van der Waals surface area contributed by atoms with E-state index in [-0.39, 0.29) is 0 Å². The third-order valence-corrected chi connectivity index (χ3v) is 54.7. The van der Waals surface area contributed by atoms with Gasteiger partial charge in [-0.15, -0.1) is 139 Å². The van der Waals surface area contributed by atoms with Crippen molar-refractivity contribution in [2.24, 2.45) is 0 Å². The lowest BCUT2D eigenvalue weighted by Crippen LogP contribution is -2.13. The van der Waals surface area contributed by atoms with Crippen molar-refractivity contribution in [3.05, 3.63) is 107 Å². The first-order valence-electron chi connectivity index (χ1n) is 44.0. The molecule has 0 saturated carbocycles. The van der Waals surface area contributed by atoms with Gasteiger partial charge in [0.1, 0.15) is 30.3 Å². The van der Waals surface area contributed by atoms with E-state index < -0.39 is 0 Å². The van der Waals surface area contributed by atoms with E-state index in [1.54, 1.807) is 0 Å². The third kappa shape index (κ3) is 26.1. The number of benzene rings is 4. The number of aromatic amines is 2. The van der Waals surface area contributed by atoms with Gasteiger partial charge in [0, 0.05) is 127 Å². The molecule has 722 valence electrons. The number of nitrogens with zero attached hydrogens (tertiary/aromatic N) is 6. The lowest BCUT2D eigenvalue weighted by molar-refractivity contribution is 0.00147. The molecule has 0 unspecified atom stereocenters. The van der Waals surface area contributed by atoms with Gasteiger partial charge in [-0.05, 0) is 48.5 Å². The summed E-state index contributed by atoms with van der Waals surface area (Å²) in [4.78, 5) is 46.8. The summed E-state index contributed by atoms with van der Waals surface area (Å²) >= 11 is 44.4. The van der Waals surface area contributed by atoms with Gasteiger partial charge in [0.15, 0.2) is 22.6 Å². The molecular weight excluding hydrogens is 2190 g/mol. The number of H-pyrrole nitrogens is 2. The molecular formula is C88H90N8O16S24. The summed E-state index contributed by atoms with van der Waals surface area (Å²) in [6, 6.07) is 18.4. The third-order valence-electron chi connectivity index (χ3n) is 20.7. The summed E-state index contributed by atoms with van der Waals surface area (Å²) in [7, 11) is 0. The zero-order chi connectivity index (χ0) is 91.0. The molecule has 0 radical (unpaired) electrons. The zero-order valence-electron chi connectivity index (χ0n) is 72.9. The molecule has 0 aliphatic carbocycles. The SMILES string of the molecule is c1c2sc(=C3SC4=C(SCCOCCOCCOCCOCCS4)S3)sc2cc2c3nc(nc4[nH]c(nc5nc(nc6[nH]c(n3)c3cc7c(cc63)SC(=C3SC6=C(SCCOCCOCCOCCOCCS6)S3)S7)c3cc6sc(=C7SC8=C(SCCOCCOCCOCCOCCS8)S7)sc6cc53)c3cc5c(cc43)SC(=C3SC4=C(SCCOCCOCCOCCOCCS4)S3)S5)c12. The highest BCUT2D eigenvalue weighted by Gasteiger charge is 2.35. The number of rotatable bonds is 0. The summed E-state index contributed by atoms with van der Waals surface area (Å²) in [6.07, 6.45) is 0. The van der Waals surface area contributed by atoms with Crippen molar-refractivity contribution in [2.75, 3.05) is 257 Å². The van der Waals surface area contributed by atoms with Crippen LogP contribution in [0, 0.1) is 0 Å². The number of hydrogen-bond donors (Lipinski definition) is 2. The lowest BCUT2D eigenvalue weighted by Gasteiger charge is -2.09. The van der Waals surface area contributed by atoms with E-state index in [1.807, 2.05) is 281 Å². The van der Waals surface area contributed by atoms with E-state index in [0.29, 0.717) is 257 Å². The molecule has 21 rings (SSSR count). The van der Waals surface area contributed by atoms with Crippen LogP contribution in [-0.2, 0) is 75.8 Å². The standard InChI is InChI=1S/C88H90N8O16S24/c1-2-98-10-18-106-26-34-114-74-73(113-33-25-105-17-9-97-1)129-85(130-74)81-121-57-41-49-50(42-58(57)122-81)66-89-65(49)93-67-51-43-59-61(125-82(123-59)86-131-75-76(132-86)116-36-28-108-20-12-100-4-3-99-11-19-107-27-35-115-75)45-53(51)69(90-67)95-71-55-47-63-64(128-84(127-63)88-135-79-80(136-88)120-40-32-112-24-16-104-8-7-103-15-23-111-31-39-119-79)48-56(55)72(92-71)96-70-54-46-62-60(44-52(54)68(91-70)94-66)124-83(126-62)87-133-77-78(134-87)118-38-30-110-22-14-102-6-5-101-13-21-109-29-37-117-77/h41-48H,1-40H2,(H2,89,90,91,92,93,94,95,96). The Labute approximate surface area is 885 Å². The molecule has 0 fully saturated rings. The first-order valence-corrected chi connectivity index (χ1v) is 65.0. The molecule has 0 saturated heterocycles. The van der Waals surface area contributed by atoms with Crippen LogP contribution < -0.4 is 7.69 Å². The van der Waals surface area contributed by atoms with E-state index >= 15 is 0 Å². The van der Waals surface area contributed by atoms with Gasteiger partial charge in [0.05, 0.1) is 271 Å². The highest BCUT2D eigenvalue weighted by molar-refractivity contribution is 8.47. The Balaban J connectivity index is 0.706. The predicted octanol–water partition coefficient (Wildman–Crippen LogP) is 23.6. The highest BCUT2D eigenvalue weighted by Crippen LogP contribution is 2.67. The molecule has 0 amide bonds. The van der Waals surface area contributed by atoms with Crippen molar-refractivity contribution in [2.45, 2.75) is 19.6 Å². The number of nitrogens with one attached hydrogen (secondary N) is 2. The minimum atomic E-state index is 0.531. The number of aromatic nitrogens is 8. The van der Waals surface area contributed by atoms with E-state index in [4.69, 9.17) is 106 Å². The normalized spacial score (nSPS) is 21.7. The second-order valence-electron chi connectivity index (χ2n) is 29.8. The maximum Gasteiger partial charge on any atom is 0.164 e. The molecule has 7 aromatic heterocycles. The molecule has 8 bridgehead atoms. The number of thioether (sulfide) groups is 20. The maximum absolute atomic E-state index is 6.07.